The van der Waals surface area contributed by atoms with Crippen LogP contribution in [0.3, 0.4) is 0 Å². The highest BCUT2D eigenvalue weighted by Gasteiger charge is 2.28. The van der Waals surface area contributed by atoms with E-state index in [4.69, 9.17) is 9.47 Å². The van der Waals surface area contributed by atoms with Crippen molar-refractivity contribution in [2.75, 3.05) is 32.8 Å². The topological polar surface area (TPSA) is 67.9 Å². The molecule has 6 heteroatoms. The van der Waals surface area contributed by atoms with Gasteiger partial charge in [-0.15, -0.1) is 0 Å². The minimum absolute atomic E-state index is 0.000476. The molecule has 6 nitrogen and oxygen atoms in total. The number of likely N-dealkylation sites (tertiary alicyclic amines) is 1. The van der Waals surface area contributed by atoms with Crippen molar-refractivity contribution in [3.8, 4) is 11.5 Å². The van der Waals surface area contributed by atoms with Gasteiger partial charge in [0.2, 0.25) is 5.91 Å². The van der Waals surface area contributed by atoms with E-state index in [0.29, 0.717) is 36.8 Å². The first-order valence-electron chi connectivity index (χ1n) is 9.29. The van der Waals surface area contributed by atoms with E-state index in [0.717, 1.165) is 25.9 Å². The third kappa shape index (κ3) is 4.75. The van der Waals surface area contributed by atoms with Crippen LogP contribution in [0, 0.1) is 5.92 Å². The number of hydrogen-bond donors (Lipinski definition) is 1. The van der Waals surface area contributed by atoms with Crippen LogP contribution in [0.4, 0.5) is 0 Å². The number of ketones is 1. The minimum Gasteiger partial charge on any atom is -0.486 e. The molecule has 142 valence electrons. The zero-order valence-electron chi connectivity index (χ0n) is 15.8. The van der Waals surface area contributed by atoms with E-state index in [1.165, 1.54) is 0 Å². The highest BCUT2D eigenvalue weighted by molar-refractivity contribution is 5.98. The lowest BCUT2D eigenvalue weighted by molar-refractivity contribution is -0.123. The van der Waals surface area contributed by atoms with Crippen molar-refractivity contribution >= 4 is 11.7 Å². The van der Waals surface area contributed by atoms with E-state index in [9.17, 15) is 9.59 Å². The maximum absolute atomic E-state index is 12.8. The van der Waals surface area contributed by atoms with E-state index in [-0.39, 0.29) is 23.1 Å². The lowest BCUT2D eigenvalue weighted by Gasteiger charge is -2.32. The van der Waals surface area contributed by atoms with Gasteiger partial charge in [0, 0.05) is 17.0 Å². The number of fused-ring (bicyclic) bond motifs is 1. The van der Waals surface area contributed by atoms with E-state index in [1.54, 1.807) is 6.07 Å². The Morgan fingerprint density at radius 2 is 1.77 bits per heavy atom. The summed E-state index contributed by atoms with van der Waals surface area (Å²) in [7, 11) is 0. The normalized spacial score (nSPS) is 18.4. The molecule has 1 fully saturated rings. The molecule has 0 atom stereocenters. The average Bonchev–Trinajstić information content (AvgIpc) is 2.59. The number of Topliss-reactive ketones (excluding diaryl/α,β-unsaturated/α-hetero) is 1. The van der Waals surface area contributed by atoms with E-state index in [2.05, 4.69) is 10.2 Å². The number of benzene rings is 1. The Labute approximate surface area is 154 Å². The molecule has 0 aliphatic carbocycles. The van der Waals surface area contributed by atoms with Crippen molar-refractivity contribution in [3.05, 3.63) is 23.8 Å². The van der Waals surface area contributed by atoms with Gasteiger partial charge in [-0.05, 0) is 64.9 Å². The van der Waals surface area contributed by atoms with Crippen molar-refractivity contribution in [1.29, 1.82) is 0 Å². The van der Waals surface area contributed by atoms with Crippen LogP contribution in [0.2, 0.25) is 0 Å². The number of carbonyl (C=O) groups is 2. The number of nitrogens with one attached hydrogen (secondary N) is 1. The summed E-state index contributed by atoms with van der Waals surface area (Å²) in [6.45, 7) is 8.90. The molecule has 1 saturated heterocycles. The van der Waals surface area contributed by atoms with Crippen LogP contribution in [0.1, 0.15) is 44.0 Å². The molecule has 1 amide bonds. The molecule has 1 aromatic rings. The van der Waals surface area contributed by atoms with E-state index in [1.807, 2.05) is 32.9 Å². The summed E-state index contributed by atoms with van der Waals surface area (Å²) in [6, 6.07) is 5.42. The van der Waals surface area contributed by atoms with Crippen molar-refractivity contribution in [2.45, 2.75) is 39.2 Å². The standard InChI is InChI=1S/C20H28N2O4/c1-20(2,3)21-18(23)13-22-8-6-14(7-9-22)19(24)15-4-5-16-17(12-15)26-11-10-25-16/h4-5,12,14H,6-11,13H2,1-3H3,(H,21,23). The predicted molar refractivity (Wildman–Crippen MR) is 98.8 cm³/mol. The quantitative estimate of drug-likeness (QED) is 0.835. The number of hydrogen-bond acceptors (Lipinski definition) is 5. The number of piperidine rings is 1. The molecule has 0 bridgehead atoms. The Balaban J connectivity index is 1.53. The Morgan fingerprint density at radius 3 is 2.42 bits per heavy atom. The molecule has 0 saturated carbocycles. The molecule has 0 unspecified atom stereocenters. The van der Waals surface area contributed by atoms with Gasteiger partial charge in [-0.25, -0.2) is 0 Å². The fourth-order valence-corrected chi connectivity index (χ4v) is 3.45. The summed E-state index contributed by atoms with van der Waals surface area (Å²) in [5.41, 5.74) is 0.460. The lowest BCUT2D eigenvalue weighted by Crippen LogP contribution is -2.47. The predicted octanol–water partition coefficient (Wildman–Crippen LogP) is 2.27. The molecule has 2 heterocycles. The third-order valence-corrected chi connectivity index (χ3v) is 4.67. The highest BCUT2D eigenvalue weighted by Crippen LogP contribution is 2.32. The van der Waals surface area contributed by atoms with Crippen LogP contribution < -0.4 is 14.8 Å². The molecule has 0 radical (unpaired) electrons. The molecule has 2 aliphatic heterocycles. The van der Waals surface area contributed by atoms with Crippen LogP contribution in [0.5, 0.6) is 11.5 Å². The SMILES string of the molecule is CC(C)(C)NC(=O)CN1CCC(C(=O)c2ccc3c(c2)OCCO3)CC1. The maximum atomic E-state index is 12.8. The molecule has 2 aliphatic rings. The van der Waals surface area contributed by atoms with Gasteiger partial charge in [0.15, 0.2) is 17.3 Å². The van der Waals surface area contributed by atoms with E-state index >= 15 is 0 Å². The highest BCUT2D eigenvalue weighted by atomic mass is 16.6. The Bertz CT molecular complexity index is 673. The number of nitrogens with zero attached hydrogens (tertiary/aromatic N) is 1. The van der Waals surface area contributed by atoms with Crippen LogP contribution in [-0.2, 0) is 4.79 Å². The third-order valence-electron chi connectivity index (χ3n) is 4.67. The summed E-state index contributed by atoms with van der Waals surface area (Å²) in [4.78, 5) is 27.0. The molecule has 1 N–H and O–H groups in total. The van der Waals surface area contributed by atoms with Crippen LogP contribution in [-0.4, -0.2) is 55.0 Å². The van der Waals surface area contributed by atoms with Gasteiger partial charge in [-0.3, -0.25) is 14.5 Å². The number of amides is 1. The molecule has 0 spiro atoms. The summed E-state index contributed by atoms with van der Waals surface area (Å²) in [5.74, 6) is 1.54. The van der Waals surface area contributed by atoms with Gasteiger partial charge in [0.25, 0.3) is 0 Å². The van der Waals surface area contributed by atoms with Crippen LogP contribution in [0.15, 0.2) is 18.2 Å². The maximum Gasteiger partial charge on any atom is 0.234 e. The average molecular weight is 360 g/mol. The molecule has 3 rings (SSSR count). The second-order valence-electron chi connectivity index (χ2n) is 8.07. The number of carbonyl (C=O) groups excluding carboxylic acids is 2. The summed E-state index contributed by atoms with van der Waals surface area (Å²) in [5, 5.41) is 2.98. The number of ether oxygens (including phenoxy) is 2. The summed E-state index contributed by atoms with van der Waals surface area (Å²) in [6.07, 6.45) is 1.55. The minimum atomic E-state index is -0.219. The number of rotatable bonds is 4. The monoisotopic (exact) mass is 360 g/mol. The second kappa shape index (κ2) is 7.66. The van der Waals surface area contributed by atoms with Gasteiger partial charge >= 0.3 is 0 Å². The smallest absolute Gasteiger partial charge is 0.234 e. The lowest BCUT2D eigenvalue weighted by atomic mass is 9.88. The summed E-state index contributed by atoms with van der Waals surface area (Å²) >= 11 is 0. The molecular weight excluding hydrogens is 332 g/mol. The first-order valence-corrected chi connectivity index (χ1v) is 9.29. The zero-order valence-corrected chi connectivity index (χ0v) is 15.8. The van der Waals surface area contributed by atoms with Gasteiger partial charge in [0.1, 0.15) is 13.2 Å². The van der Waals surface area contributed by atoms with Gasteiger partial charge in [-0.1, -0.05) is 0 Å². The van der Waals surface area contributed by atoms with Gasteiger partial charge in [0.05, 0.1) is 6.54 Å². The zero-order chi connectivity index (χ0) is 18.7. The Morgan fingerprint density at radius 1 is 1.12 bits per heavy atom. The second-order valence-corrected chi connectivity index (χ2v) is 8.07. The Hall–Kier alpha value is -2.08. The largest absolute Gasteiger partial charge is 0.486 e. The fourth-order valence-electron chi connectivity index (χ4n) is 3.45. The molecular formula is C20H28N2O4. The fraction of sp³-hybridized carbons (Fsp3) is 0.600. The van der Waals surface area contributed by atoms with Gasteiger partial charge < -0.3 is 14.8 Å². The van der Waals surface area contributed by atoms with Crippen LogP contribution in [0.25, 0.3) is 0 Å². The van der Waals surface area contributed by atoms with Crippen molar-refractivity contribution in [2.24, 2.45) is 5.92 Å². The molecule has 1 aromatic carbocycles. The Kier molecular flexibility index (Phi) is 5.51. The van der Waals surface area contributed by atoms with Crippen molar-refractivity contribution in [1.82, 2.24) is 10.2 Å². The molecule has 26 heavy (non-hydrogen) atoms. The summed E-state index contributed by atoms with van der Waals surface area (Å²) < 4.78 is 11.1. The first-order chi connectivity index (χ1) is 12.3. The van der Waals surface area contributed by atoms with Crippen molar-refractivity contribution in [3.63, 3.8) is 0 Å². The van der Waals surface area contributed by atoms with Crippen LogP contribution >= 0.6 is 0 Å². The van der Waals surface area contributed by atoms with E-state index < -0.39 is 0 Å². The van der Waals surface area contributed by atoms with Gasteiger partial charge in [-0.2, -0.15) is 0 Å². The first kappa shape index (κ1) is 18.7. The van der Waals surface area contributed by atoms with Crippen molar-refractivity contribution < 1.29 is 19.1 Å². The molecule has 0 aromatic heterocycles.